The average molecular weight is 356 g/mol. The predicted molar refractivity (Wildman–Crippen MR) is 103 cm³/mol. The predicted octanol–water partition coefficient (Wildman–Crippen LogP) is 2.43. The minimum absolute atomic E-state index is 0.0521. The van der Waals surface area contributed by atoms with E-state index in [1.807, 2.05) is 43.4 Å². The Hall–Kier alpha value is -2.34. The van der Waals surface area contributed by atoms with Gasteiger partial charge in [-0.1, -0.05) is 13.0 Å². The summed E-state index contributed by atoms with van der Waals surface area (Å²) in [4.78, 5) is 32.8. The van der Waals surface area contributed by atoms with Gasteiger partial charge in [0.2, 0.25) is 0 Å². The molecule has 1 aliphatic rings. The standard InChI is InChI=1S/C20H28N4O2/c1-14-8-11-24(12-9-14)19(26)20(2,23(3)4)22-18(25)16-6-5-15-7-10-21-17(15)13-16/h5-7,10,13-14,21H,8-9,11-12H2,1-4H3,(H,22,25)/t20-/m0/s1. The minimum atomic E-state index is -1.08. The van der Waals surface area contributed by atoms with E-state index in [0.29, 0.717) is 11.5 Å². The molecule has 1 saturated heterocycles. The molecule has 1 fully saturated rings. The molecular formula is C20H28N4O2. The number of hydrogen-bond donors (Lipinski definition) is 2. The fourth-order valence-electron chi connectivity index (χ4n) is 3.36. The average Bonchev–Trinajstić information content (AvgIpc) is 3.09. The number of nitrogens with zero attached hydrogens (tertiary/aromatic N) is 2. The molecule has 1 aromatic carbocycles. The molecule has 1 atom stereocenters. The maximum Gasteiger partial charge on any atom is 0.263 e. The fourth-order valence-corrected chi connectivity index (χ4v) is 3.36. The summed E-state index contributed by atoms with van der Waals surface area (Å²) >= 11 is 0. The van der Waals surface area contributed by atoms with Gasteiger partial charge in [0.05, 0.1) is 0 Å². The van der Waals surface area contributed by atoms with Crippen molar-refractivity contribution in [3.8, 4) is 0 Å². The zero-order valence-corrected chi connectivity index (χ0v) is 16.0. The first kappa shape index (κ1) is 18.5. The van der Waals surface area contributed by atoms with Gasteiger partial charge in [-0.05, 0) is 63.4 Å². The Morgan fingerprint density at radius 3 is 2.58 bits per heavy atom. The lowest BCUT2D eigenvalue weighted by Crippen LogP contribution is -2.65. The van der Waals surface area contributed by atoms with Gasteiger partial charge in [0.15, 0.2) is 5.66 Å². The lowest BCUT2D eigenvalue weighted by Gasteiger charge is -2.41. The van der Waals surface area contributed by atoms with E-state index in [9.17, 15) is 9.59 Å². The first-order valence-electron chi connectivity index (χ1n) is 9.17. The Morgan fingerprint density at radius 1 is 1.23 bits per heavy atom. The molecule has 26 heavy (non-hydrogen) atoms. The molecule has 1 aromatic heterocycles. The van der Waals surface area contributed by atoms with Crippen LogP contribution in [-0.4, -0.2) is 59.4 Å². The first-order chi connectivity index (χ1) is 12.3. The highest BCUT2D eigenvalue weighted by molar-refractivity contribution is 6.01. The van der Waals surface area contributed by atoms with E-state index in [4.69, 9.17) is 0 Å². The Balaban J connectivity index is 1.80. The Morgan fingerprint density at radius 2 is 1.92 bits per heavy atom. The molecule has 0 unspecified atom stereocenters. The molecule has 6 nitrogen and oxygen atoms in total. The van der Waals surface area contributed by atoms with Crippen molar-refractivity contribution in [1.82, 2.24) is 20.1 Å². The molecule has 3 rings (SSSR count). The van der Waals surface area contributed by atoms with E-state index in [1.54, 1.807) is 17.9 Å². The smallest absolute Gasteiger partial charge is 0.263 e. The summed E-state index contributed by atoms with van der Waals surface area (Å²) in [6.45, 7) is 5.48. The van der Waals surface area contributed by atoms with E-state index in [0.717, 1.165) is 36.8 Å². The van der Waals surface area contributed by atoms with Gasteiger partial charge in [0.25, 0.3) is 11.8 Å². The topological polar surface area (TPSA) is 68.4 Å². The van der Waals surface area contributed by atoms with Crippen LogP contribution in [0.1, 0.15) is 37.0 Å². The first-order valence-corrected chi connectivity index (χ1v) is 9.17. The number of hydrogen-bond acceptors (Lipinski definition) is 3. The van der Waals surface area contributed by atoms with Crippen LogP contribution in [0.25, 0.3) is 10.9 Å². The van der Waals surface area contributed by atoms with E-state index in [1.165, 1.54) is 0 Å². The number of benzene rings is 1. The highest BCUT2D eigenvalue weighted by atomic mass is 16.2. The van der Waals surface area contributed by atoms with E-state index < -0.39 is 5.66 Å². The van der Waals surface area contributed by atoms with Crippen molar-refractivity contribution in [2.24, 2.45) is 5.92 Å². The van der Waals surface area contributed by atoms with Gasteiger partial charge in [-0.25, -0.2) is 0 Å². The monoisotopic (exact) mass is 356 g/mol. The Bertz CT molecular complexity index is 805. The zero-order valence-electron chi connectivity index (χ0n) is 16.0. The number of likely N-dealkylation sites (tertiary alicyclic amines) is 1. The summed E-state index contributed by atoms with van der Waals surface area (Å²) in [5.41, 5.74) is 0.358. The molecule has 1 aliphatic heterocycles. The normalized spacial score (nSPS) is 18.1. The largest absolute Gasteiger partial charge is 0.361 e. The number of rotatable bonds is 4. The van der Waals surface area contributed by atoms with Gasteiger partial charge in [-0.15, -0.1) is 0 Å². The summed E-state index contributed by atoms with van der Waals surface area (Å²) in [5.74, 6) is 0.340. The molecule has 0 aliphatic carbocycles. The summed E-state index contributed by atoms with van der Waals surface area (Å²) in [5, 5.41) is 4.01. The highest BCUT2D eigenvalue weighted by Gasteiger charge is 2.41. The zero-order chi connectivity index (χ0) is 18.9. The summed E-state index contributed by atoms with van der Waals surface area (Å²) in [6, 6.07) is 7.46. The lowest BCUT2D eigenvalue weighted by molar-refractivity contribution is -0.145. The molecule has 0 saturated carbocycles. The number of nitrogens with one attached hydrogen (secondary N) is 2. The number of carbonyl (C=O) groups is 2. The number of likely N-dealkylation sites (N-methyl/N-ethyl adjacent to an activating group) is 1. The number of H-pyrrole nitrogens is 1. The second-order valence-corrected chi connectivity index (χ2v) is 7.68. The van der Waals surface area contributed by atoms with Gasteiger partial charge < -0.3 is 15.2 Å². The van der Waals surface area contributed by atoms with Crippen LogP contribution in [0.15, 0.2) is 30.5 Å². The van der Waals surface area contributed by atoms with Crippen molar-refractivity contribution in [3.63, 3.8) is 0 Å². The number of aromatic nitrogens is 1. The molecule has 0 spiro atoms. The Labute approximate surface area is 154 Å². The third kappa shape index (κ3) is 3.46. The number of amides is 2. The maximum atomic E-state index is 13.2. The summed E-state index contributed by atoms with van der Waals surface area (Å²) < 4.78 is 0. The number of carbonyl (C=O) groups excluding carboxylic acids is 2. The highest BCUT2D eigenvalue weighted by Crippen LogP contribution is 2.21. The molecule has 2 heterocycles. The third-order valence-corrected chi connectivity index (χ3v) is 5.56. The molecule has 2 aromatic rings. The van der Waals surface area contributed by atoms with Crippen LogP contribution in [0.2, 0.25) is 0 Å². The van der Waals surface area contributed by atoms with Crippen LogP contribution < -0.4 is 5.32 Å². The molecular weight excluding hydrogens is 328 g/mol. The van der Waals surface area contributed by atoms with Gasteiger partial charge >= 0.3 is 0 Å². The summed E-state index contributed by atoms with van der Waals surface area (Å²) in [7, 11) is 3.64. The van der Waals surface area contributed by atoms with Gasteiger partial charge in [-0.2, -0.15) is 0 Å². The molecule has 0 radical (unpaired) electrons. The van der Waals surface area contributed by atoms with Crippen molar-refractivity contribution in [3.05, 3.63) is 36.0 Å². The van der Waals surface area contributed by atoms with E-state index in [-0.39, 0.29) is 11.8 Å². The number of fused-ring (bicyclic) bond motifs is 1. The Kier molecular flexibility index (Phi) is 5.05. The molecule has 6 heteroatoms. The van der Waals surface area contributed by atoms with Crippen molar-refractivity contribution >= 4 is 22.7 Å². The van der Waals surface area contributed by atoms with Crippen molar-refractivity contribution in [2.75, 3.05) is 27.2 Å². The number of piperidine rings is 1. The molecule has 2 amide bonds. The van der Waals surface area contributed by atoms with Crippen LogP contribution in [0.4, 0.5) is 0 Å². The molecule has 140 valence electrons. The van der Waals surface area contributed by atoms with Crippen LogP contribution in [0.3, 0.4) is 0 Å². The summed E-state index contributed by atoms with van der Waals surface area (Å²) in [6.07, 6.45) is 3.86. The fraction of sp³-hybridized carbons (Fsp3) is 0.500. The van der Waals surface area contributed by atoms with E-state index in [2.05, 4.69) is 17.2 Å². The van der Waals surface area contributed by atoms with Gasteiger partial charge in [0, 0.05) is 30.4 Å². The number of aromatic amines is 1. The van der Waals surface area contributed by atoms with Crippen LogP contribution in [0.5, 0.6) is 0 Å². The maximum absolute atomic E-state index is 13.2. The van der Waals surface area contributed by atoms with Crippen molar-refractivity contribution in [2.45, 2.75) is 32.4 Å². The minimum Gasteiger partial charge on any atom is -0.361 e. The van der Waals surface area contributed by atoms with Crippen molar-refractivity contribution < 1.29 is 9.59 Å². The third-order valence-electron chi connectivity index (χ3n) is 5.56. The van der Waals surface area contributed by atoms with Gasteiger partial charge in [-0.3, -0.25) is 14.5 Å². The van der Waals surface area contributed by atoms with Crippen LogP contribution in [-0.2, 0) is 4.79 Å². The second-order valence-electron chi connectivity index (χ2n) is 7.68. The quantitative estimate of drug-likeness (QED) is 0.827. The SMILES string of the molecule is CC1CCN(C(=O)[C@@](C)(NC(=O)c2ccc3cc[nH]c3c2)N(C)C)CC1. The molecule has 2 N–H and O–H groups in total. The van der Waals surface area contributed by atoms with Gasteiger partial charge in [0.1, 0.15) is 0 Å². The van der Waals surface area contributed by atoms with Crippen LogP contribution in [0, 0.1) is 5.92 Å². The van der Waals surface area contributed by atoms with E-state index >= 15 is 0 Å². The van der Waals surface area contributed by atoms with Crippen LogP contribution >= 0.6 is 0 Å². The lowest BCUT2D eigenvalue weighted by atomic mass is 9.97. The van der Waals surface area contributed by atoms with Crippen molar-refractivity contribution in [1.29, 1.82) is 0 Å². The molecule has 0 bridgehead atoms. The second kappa shape index (κ2) is 7.11.